The highest BCUT2D eigenvalue weighted by Gasteiger charge is 2.24. The molecule has 0 unspecified atom stereocenters. The summed E-state index contributed by atoms with van der Waals surface area (Å²) in [5.74, 6) is 0.921. The Hall–Kier alpha value is -2.63. The van der Waals surface area contributed by atoms with Gasteiger partial charge >= 0.3 is 0 Å². The summed E-state index contributed by atoms with van der Waals surface area (Å²) in [7, 11) is 0. The molecule has 5 heteroatoms. The first-order valence-corrected chi connectivity index (χ1v) is 10.2. The van der Waals surface area contributed by atoms with E-state index in [9.17, 15) is 0 Å². The maximum Gasteiger partial charge on any atom is 0.119 e. The fraction of sp³-hybridized carbons (Fsp3) is 0.348. The van der Waals surface area contributed by atoms with Crippen LogP contribution < -0.4 is 10.1 Å². The number of rotatable bonds is 6. The van der Waals surface area contributed by atoms with Crippen molar-refractivity contribution in [2.24, 2.45) is 0 Å². The Bertz CT molecular complexity index is 959. The molecule has 28 heavy (non-hydrogen) atoms. The third-order valence-corrected chi connectivity index (χ3v) is 5.73. The van der Waals surface area contributed by atoms with Crippen LogP contribution in [0.2, 0.25) is 0 Å². The molecular weight excluding hydrogens is 348 g/mol. The van der Waals surface area contributed by atoms with Gasteiger partial charge in [0.05, 0.1) is 18.0 Å². The summed E-state index contributed by atoms with van der Waals surface area (Å²) in [6.07, 6.45) is 1.99. The third-order valence-electron chi connectivity index (χ3n) is 5.73. The Labute approximate surface area is 165 Å². The van der Waals surface area contributed by atoms with Crippen LogP contribution in [0.3, 0.4) is 0 Å². The van der Waals surface area contributed by atoms with Crippen molar-refractivity contribution in [2.45, 2.75) is 12.8 Å². The highest BCUT2D eigenvalue weighted by atomic mass is 16.5. The SMILES string of the molecule is c1cc(OCCCN2CCNCC2)cc(-c2n[nH]c3c2Cc2ccccc2-3)c1. The lowest BCUT2D eigenvalue weighted by Crippen LogP contribution is -2.43. The molecular formula is C23H26N4O. The average Bonchev–Trinajstić information content (AvgIpc) is 3.31. The number of nitrogens with one attached hydrogen (secondary N) is 2. The molecule has 0 bridgehead atoms. The fourth-order valence-electron chi connectivity index (χ4n) is 4.25. The van der Waals surface area contributed by atoms with E-state index < -0.39 is 0 Å². The molecule has 5 rings (SSSR count). The van der Waals surface area contributed by atoms with Gasteiger partial charge in [-0.2, -0.15) is 5.10 Å². The van der Waals surface area contributed by atoms with Gasteiger partial charge in [0.15, 0.2) is 0 Å². The molecule has 5 nitrogen and oxygen atoms in total. The first kappa shape index (κ1) is 17.5. The van der Waals surface area contributed by atoms with Gasteiger partial charge in [-0.05, 0) is 24.1 Å². The highest BCUT2D eigenvalue weighted by Crippen LogP contribution is 2.40. The van der Waals surface area contributed by atoms with Crippen molar-refractivity contribution >= 4 is 0 Å². The predicted molar refractivity (Wildman–Crippen MR) is 112 cm³/mol. The Morgan fingerprint density at radius 1 is 1.04 bits per heavy atom. The predicted octanol–water partition coefficient (Wildman–Crippen LogP) is 3.32. The van der Waals surface area contributed by atoms with Crippen LogP contribution in [0.25, 0.3) is 22.5 Å². The lowest BCUT2D eigenvalue weighted by Gasteiger charge is -2.26. The van der Waals surface area contributed by atoms with E-state index in [1.165, 1.54) is 16.7 Å². The second-order valence-electron chi connectivity index (χ2n) is 7.58. The molecule has 0 atom stereocenters. The van der Waals surface area contributed by atoms with E-state index in [0.29, 0.717) is 0 Å². The van der Waals surface area contributed by atoms with Crippen LogP contribution in [-0.4, -0.2) is 54.4 Å². The van der Waals surface area contributed by atoms with Gasteiger partial charge in [0.25, 0.3) is 0 Å². The topological polar surface area (TPSA) is 53.2 Å². The number of ether oxygens (including phenoxy) is 1. The van der Waals surface area contributed by atoms with Crippen LogP contribution in [0.15, 0.2) is 48.5 Å². The first-order valence-electron chi connectivity index (χ1n) is 10.2. The first-order chi connectivity index (χ1) is 13.9. The van der Waals surface area contributed by atoms with Gasteiger partial charge in [-0.3, -0.25) is 5.10 Å². The lowest BCUT2D eigenvalue weighted by atomic mass is 10.1. The average molecular weight is 374 g/mol. The molecule has 0 radical (unpaired) electrons. The van der Waals surface area contributed by atoms with Gasteiger partial charge < -0.3 is 15.0 Å². The standard InChI is InChI=1S/C23H26N4O/c1-2-8-20-17(5-1)16-21-22(25-26-23(20)21)18-6-3-7-19(15-18)28-14-4-11-27-12-9-24-10-13-27/h1-3,5-8,15,24H,4,9-14,16H2,(H,25,26). The number of piperazine rings is 1. The summed E-state index contributed by atoms with van der Waals surface area (Å²) in [6, 6.07) is 16.9. The molecule has 2 aromatic carbocycles. The summed E-state index contributed by atoms with van der Waals surface area (Å²) >= 11 is 0. The molecule has 0 saturated carbocycles. The van der Waals surface area contributed by atoms with Gasteiger partial charge in [-0.25, -0.2) is 0 Å². The van der Waals surface area contributed by atoms with Gasteiger partial charge in [0.2, 0.25) is 0 Å². The summed E-state index contributed by atoms with van der Waals surface area (Å²) in [5.41, 5.74) is 7.25. The Morgan fingerprint density at radius 3 is 2.86 bits per heavy atom. The summed E-state index contributed by atoms with van der Waals surface area (Å²) in [6.45, 7) is 6.33. The van der Waals surface area contributed by atoms with Crippen molar-refractivity contribution in [3.8, 4) is 28.3 Å². The zero-order valence-electron chi connectivity index (χ0n) is 16.1. The van der Waals surface area contributed by atoms with E-state index in [-0.39, 0.29) is 0 Å². The third kappa shape index (κ3) is 3.43. The summed E-state index contributed by atoms with van der Waals surface area (Å²) in [5, 5.41) is 11.3. The largest absolute Gasteiger partial charge is 0.494 e. The van der Waals surface area contributed by atoms with Gasteiger partial charge in [0, 0.05) is 55.8 Å². The molecule has 1 aromatic heterocycles. The van der Waals surface area contributed by atoms with Crippen LogP contribution in [0.4, 0.5) is 0 Å². The van der Waals surface area contributed by atoms with Crippen molar-refractivity contribution in [1.82, 2.24) is 20.4 Å². The van der Waals surface area contributed by atoms with Crippen LogP contribution in [0.1, 0.15) is 17.5 Å². The minimum absolute atomic E-state index is 0.748. The van der Waals surface area contributed by atoms with E-state index in [2.05, 4.69) is 62.9 Å². The maximum absolute atomic E-state index is 6.04. The quantitative estimate of drug-likeness (QED) is 0.509. The second-order valence-corrected chi connectivity index (χ2v) is 7.58. The number of benzene rings is 2. The van der Waals surface area contributed by atoms with Crippen molar-refractivity contribution < 1.29 is 4.74 Å². The van der Waals surface area contributed by atoms with Crippen molar-refractivity contribution in [2.75, 3.05) is 39.3 Å². The maximum atomic E-state index is 6.04. The zero-order chi connectivity index (χ0) is 18.8. The molecule has 2 heterocycles. The molecule has 1 aliphatic heterocycles. The fourth-order valence-corrected chi connectivity index (χ4v) is 4.25. The minimum atomic E-state index is 0.748. The van der Waals surface area contributed by atoms with Crippen molar-refractivity contribution in [3.05, 3.63) is 59.7 Å². The van der Waals surface area contributed by atoms with Gasteiger partial charge in [0.1, 0.15) is 5.75 Å². The molecule has 2 aliphatic rings. The van der Waals surface area contributed by atoms with Crippen LogP contribution in [-0.2, 0) is 6.42 Å². The molecule has 1 aliphatic carbocycles. The van der Waals surface area contributed by atoms with E-state index in [1.807, 2.05) is 6.07 Å². The lowest BCUT2D eigenvalue weighted by molar-refractivity contribution is 0.214. The zero-order valence-corrected chi connectivity index (χ0v) is 16.1. The number of nitrogens with zero attached hydrogens (tertiary/aromatic N) is 2. The van der Waals surface area contributed by atoms with E-state index in [1.54, 1.807) is 0 Å². The van der Waals surface area contributed by atoms with Crippen molar-refractivity contribution in [1.29, 1.82) is 0 Å². The van der Waals surface area contributed by atoms with E-state index in [0.717, 1.165) is 74.9 Å². The molecule has 2 N–H and O–H groups in total. The number of H-pyrrole nitrogens is 1. The van der Waals surface area contributed by atoms with E-state index >= 15 is 0 Å². The Morgan fingerprint density at radius 2 is 1.93 bits per heavy atom. The number of hydrogen-bond donors (Lipinski definition) is 2. The smallest absolute Gasteiger partial charge is 0.119 e. The molecule has 3 aromatic rings. The monoisotopic (exact) mass is 374 g/mol. The second kappa shape index (κ2) is 7.78. The number of fused-ring (bicyclic) bond motifs is 3. The highest BCUT2D eigenvalue weighted by molar-refractivity contribution is 5.81. The summed E-state index contributed by atoms with van der Waals surface area (Å²) < 4.78 is 6.04. The molecule has 1 fully saturated rings. The number of aromatic nitrogens is 2. The Kier molecular flexibility index (Phi) is 4.85. The minimum Gasteiger partial charge on any atom is -0.494 e. The number of hydrogen-bond acceptors (Lipinski definition) is 4. The molecule has 0 spiro atoms. The van der Waals surface area contributed by atoms with Gasteiger partial charge in [-0.1, -0.05) is 36.4 Å². The van der Waals surface area contributed by atoms with Crippen LogP contribution >= 0.6 is 0 Å². The normalized spacial score (nSPS) is 16.0. The summed E-state index contributed by atoms with van der Waals surface area (Å²) in [4.78, 5) is 2.50. The number of aromatic amines is 1. The van der Waals surface area contributed by atoms with Crippen molar-refractivity contribution in [3.63, 3.8) is 0 Å². The molecule has 1 saturated heterocycles. The molecule has 0 amide bonds. The molecule has 144 valence electrons. The van der Waals surface area contributed by atoms with Crippen LogP contribution in [0.5, 0.6) is 5.75 Å². The Balaban J connectivity index is 1.25. The van der Waals surface area contributed by atoms with Crippen LogP contribution in [0, 0.1) is 0 Å². The van der Waals surface area contributed by atoms with E-state index in [4.69, 9.17) is 4.74 Å². The van der Waals surface area contributed by atoms with Gasteiger partial charge in [-0.15, -0.1) is 0 Å².